The highest BCUT2D eigenvalue weighted by Crippen LogP contribution is 2.29. The quantitative estimate of drug-likeness (QED) is 0.452. The second-order valence-electron chi connectivity index (χ2n) is 7.89. The molecule has 3 aromatic heterocycles. The molecule has 8 nitrogen and oxygen atoms in total. The van der Waals surface area contributed by atoms with Crippen molar-refractivity contribution in [2.24, 2.45) is 5.92 Å². The van der Waals surface area contributed by atoms with Crippen molar-refractivity contribution in [3.05, 3.63) is 97.4 Å². The Balaban J connectivity index is 1.96. The van der Waals surface area contributed by atoms with Gasteiger partial charge in [-0.2, -0.15) is 0 Å². The largest absolute Gasteiger partial charge is 0.493 e. The fraction of sp³-hybridized carbons (Fsp3) is 0.167. The standard InChI is InChI=1S/C24H21ClN4O4/c1-14(2)13-33-19-7-15(6-17(25)9-19)20-8-16(21-11-27-24(32)28-22(21)30)12-29(23(20)31)18-4-3-5-26-10-18/h3-12,14H,13H2,1-2H3,(H2,27,28,30,32). The van der Waals surface area contributed by atoms with E-state index in [0.717, 1.165) is 0 Å². The van der Waals surface area contributed by atoms with Gasteiger partial charge in [0.2, 0.25) is 0 Å². The molecule has 0 fully saturated rings. The normalized spacial score (nSPS) is 11.0. The van der Waals surface area contributed by atoms with Gasteiger partial charge in [0, 0.05) is 34.7 Å². The second-order valence-corrected chi connectivity index (χ2v) is 8.33. The number of halogens is 1. The summed E-state index contributed by atoms with van der Waals surface area (Å²) in [6.45, 7) is 4.55. The lowest BCUT2D eigenvalue weighted by Crippen LogP contribution is -2.24. The van der Waals surface area contributed by atoms with Crippen LogP contribution in [0.4, 0.5) is 0 Å². The van der Waals surface area contributed by atoms with Crippen molar-refractivity contribution in [3.63, 3.8) is 0 Å². The third kappa shape index (κ3) is 4.96. The van der Waals surface area contributed by atoms with Crippen molar-refractivity contribution in [3.8, 4) is 33.7 Å². The molecular formula is C24H21ClN4O4. The summed E-state index contributed by atoms with van der Waals surface area (Å²) in [7, 11) is 0. The zero-order chi connectivity index (χ0) is 23.5. The minimum atomic E-state index is -0.619. The first-order chi connectivity index (χ1) is 15.8. The average Bonchev–Trinajstić information content (AvgIpc) is 2.78. The van der Waals surface area contributed by atoms with Crippen LogP contribution in [0.25, 0.3) is 27.9 Å². The topological polar surface area (TPSA) is 110 Å². The fourth-order valence-corrected chi connectivity index (χ4v) is 3.54. The predicted octanol–water partition coefficient (Wildman–Crippen LogP) is 3.63. The number of benzene rings is 1. The van der Waals surface area contributed by atoms with Crippen LogP contribution in [0, 0.1) is 5.92 Å². The van der Waals surface area contributed by atoms with E-state index in [1.165, 1.54) is 17.0 Å². The first-order valence-electron chi connectivity index (χ1n) is 10.2. The number of ether oxygens (including phenoxy) is 1. The maximum atomic E-state index is 13.5. The molecule has 0 aliphatic heterocycles. The molecule has 4 aromatic rings. The van der Waals surface area contributed by atoms with Crippen molar-refractivity contribution in [1.82, 2.24) is 19.5 Å². The summed E-state index contributed by atoms with van der Waals surface area (Å²) >= 11 is 6.33. The zero-order valence-corrected chi connectivity index (χ0v) is 18.7. The summed E-state index contributed by atoms with van der Waals surface area (Å²) < 4.78 is 7.21. The molecule has 33 heavy (non-hydrogen) atoms. The molecule has 3 heterocycles. The number of aromatic amines is 2. The molecule has 0 atom stereocenters. The fourth-order valence-electron chi connectivity index (χ4n) is 3.31. The molecule has 0 aliphatic rings. The Bertz CT molecular complexity index is 1470. The monoisotopic (exact) mass is 464 g/mol. The SMILES string of the molecule is CC(C)COc1cc(Cl)cc(-c2cc(-c3c[nH]c(=O)[nH]c3=O)cn(-c3cccnc3)c2=O)c1. The van der Waals surface area contributed by atoms with Crippen molar-refractivity contribution in [2.45, 2.75) is 13.8 Å². The molecule has 9 heteroatoms. The molecule has 2 N–H and O–H groups in total. The Morgan fingerprint density at radius 1 is 1.09 bits per heavy atom. The van der Waals surface area contributed by atoms with Crippen LogP contribution in [0.2, 0.25) is 5.02 Å². The Labute approximate surface area is 193 Å². The van der Waals surface area contributed by atoms with E-state index >= 15 is 0 Å². The number of H-pyrrole nitrogens is 2. The molecule has 0 saturated carbocycles. The Morgan fingerprint density at radius 3 is 2.61 bits per heavy atom. The van der Waals surface area contributed by atoms with E-state index in [9.17, 15) is 14.4 Å². The van der Waals surface area contributed by atoms with Crippen LogP contribution in [0.1, 0.15) is 13.8 Å². The van der Waals surface area contributed by atoms with Crippen LogP contribution in [0.5, 0.6) is 5.75 Å². The van der Waals surface area contributed by atoms with E-state index in [4.69, 9.17) is 16.3 Å². The van der Waals surface area contributed by atoms with Crippen molar-refractivity contribution in [2.75, 3.05) is 6.61 Å². The Hall–Kier alpha value is -3.91. The smallest absolute Gasteiger partial charge is 0.325 e. The van der Waals surface area contributed by atoms with E-state index in [-0.39, 0.29) is 11.1 Å². The van der Waals surface area contributed by atoms with Crippen molar-refractivity contribution < 1.29 is 4.74 Å². The molecule has 4 rings (SSSR count). The summed E-state index contributed by atoms with van der Waals surface area (Å²) in [4.78, 5) is 46.2. The van der Waals surface area contributed by atoms with Gasteiger partial charge in [-0.1, -0.05) is 25.4 Å². The van der Waals surface area contributed by atoms with Gasteiger partial charge in [-0.25, -0.2) is 4.79 Å². The summed E-state index contributed by atoms with van der Waals surface area (Å²) in [5, 5.41) is 0.408. The third-order valence-electron chi connectivity index (χ3n) is 4.84. The number of hydrogen-bond donors (Lipinski definition) is 2. The second kappa shape index (κ2) is 9.30. The van der Waals surface area contributed by atoms with Gasteiger partial charge in [-0.3, -0.25) is 24.1 Å². The molecule has 168 valence electrons. The van der Waals surface area contributed by atoms with Gasteiger partial charge >= 0.3 is 5.69 Å². The van der Waals surface area contributed by atoms with Crippen LogP contribution in [-0.4, -0.2) is 26.1 Å². The highest BCUT2D eigenvalue weighted by Gasteiger charge is 2.15. The van der Waals surface area contributed by atoms with Crippen LogP contribution in [0.3, 0.4) is 0 Å². The molecule has 1 aromatic carbocycles. The van der Waals surface area contributed by atoms with Gasteiger partial charge in [0.15, 0.2) is 0 Å². The van der Waals surface area contributed by atoms with E-state index in [0.29, 0.717) is 45.7 Å². The number of aromatic nitrogens is 4. The van der Waals surface area contributed by atoms with Gasteiger partial charge in [0.1, 0.15) is 5.75 Å². The number of nitrogens with zero attached hydrogens (tertiary/aromatic N) is 2. The Morgan fingerprint density at radius 2 is 1.91 bits per heavy atom. The molecule has 0 saturated heterocycles. The first-order valence-corrected chi connectivity index (χ1v) is 10.6. The van der Waals surface area contributed by atoms with Crippen LogP contribution < -0.4 is 21.5 Å². The van der Waals surface area contributed by atoms with Gasteiger partial charge in [0.25, 0.3) is 11.1 Å². The number of hydrogen-bond acceptors (Lipinski definition) is 5. The molecule has 0 amide bonds. The molecule has 0 spiro atoms. The maximum Gasteiger partial charge on any atom is 0.325 e. The van der Waals surface area contributed by atoms with Crippen LogP contribution in [0.15, 0.2) is 75.6 Å². The lowest BCUT2D eigenvalue weighted by molar-refractivity contribution is 0.271. The lowest BCUT2D eigenvalue weighted by atomic mass is 10.0. The molecular weight excluding hydrogens is 444 g/mol. The summed E-state index contributed by atoms with van der Waals surface area (Å²) in [5.41, 5.74) is 0.460. The molecule has 0 unspecified atom stereocenters. The van der Waals surface area contributed by atoms with Crippen molar-refractivity contribution in [1.29, 1.82) is 0 Å². The van der Waals surface area contributed by atoms with E-state index in [1.807, 2.05) is 13.8 Å². The van der Waals surface area contributed by atoms with E-state index < -0.39 is 11.2 Å². The summed E-state index contributed by atoms with van der Waals surface area (Å²) in [5.74, 6) is 0.844. The molecule has 0 bridgehead atoms. The Kier molecular flexibility index (Phi) is 6.28. The lowest BCUT2D eigenvalue weighted by Gasteiger charge is -2.14. The molecule has 0 radical (unpaired) electrons. The number of pyridine rings is 2. The van der Waals surface area contributed by atoms with E-state index in [2.05, 4.69) is 15.0 Å². The van der Waals surface area contributed by atoms with Gasteiger partial charge in [-0.15, -0.1) is 0 Å². The van der Waals surface area contributed by atoms with Crippen LogP contribution in [-0.2, 0) is 0 Å². The highest BCUT2D eigenvalue weighted by molar-refractivity contribution is 6.31. The van der Waals surface area contributed by atoms with Crippen LogP contribution >= 0.6 is 11.6 Å². The van der Waals surface area contributed by atoms with Gasteiger partial charge in [-0.05, 0) is 47.9 Å². The molecule has 0 aliphatic carbocycles. The van der Waals surface area contributed by atoms with Crippen molar-refractivity contribution >= 4 is 11.6 Å². The summed E-state index contributed by atoms with van der Waals surface area (Å²) in [6.07, 6.45) is 5.99. The zero-order valence-electron chi connectivity index (χ0n) is 18.0. The third-order valence-corrected chi connectivity index (χ3v) is 5.06. The number of rotatable bonds is 6. The minimum absolute atomic E-state index is 0.201. The predicted molar refractivity (Wildman–Crippen MR) is 127 cm³/mol. The van der Waals surface area contributed by atoms with Gasteiger partial charge < -0.3 is 9.72 Å². The average molecular weight is 465 g/mol. The summed E-state index contributed by atoms with van der Waals surface area (Å²) in [6, 6.07) is 10.1. The first kappa shape index (κ1) is 22.3. The maximum absolute atomic E-state index is 13.5. The van der Waals surface area contributed by atoms with Gasteiger partial charge in [0.05, 0.1) is 24.1 Å². The van der Waals surface area contributed by atoms with E-state index in [1.54, 1.807) is 48.8 Å². The highest BCUT2D eigenvalue weighted by atomic mass is 35.5. The number of nitrogens with one attached hydrogen (secondary N) is 2. The minimum Gasteiger partial charge on any atom is -0.493 e.